The summed E-state index contributed by atoms with van der Waals surface area (Å²) < 4.78 is 2.30. The van der Waals surface area contributed by atoms with Gasteiger partial charge in [-0.2, -0.15) is 0 Å². The number of nitrogens with zero attached hydrogens (tertiary/aromatic N) is 2. The lowest BCUT2D eigenvalue weighted by molar-refractivity contribution is 0.780. The first-order valence-electron chi connectivity index (χ1n) is 5.81. The first kappa shape index (κ1) is 10.6. The molecular weight excluding hydrogens is 232 g/mol. The number of fused-ring (bicyclic) bond motifs is 3. The van der Waals surface area contributed by atoms with Gasteiger partial charge in [0.15, 0.2) is 0 Å². The van der Waals surface area contributed by atoms with Gasteiger partial charge in [0.2, 0.25) is 0 Å². The van der Waals surface area contributed by atoms with Crippen LogP contribution in [0.5, 0.6) is 0 Å². The van der Waals surface area contributed by atoms with Gasteiger partial charge in [0.1, 0.15) is 0 Å². The highest BCUT2D eigenvalue weighted by Crippen LogP contribution is 2.32. The zero-order chi connectivity index (χ0) is 10.5. The second-order valence-electron chi connectivity index (χ2n) is 4.44. The molecule has 0 unspecified atom stereocenters. The molecule has 0 saturated carbocycles. The van der Waals surface area contributed by atoms with E-state index in [9.17, 15) is 0 Å². The Hall–Kier alpha value is -1.54. The van der Waals surface area contributed by atoms with Gasteiger partial charge in [-0.3, -0.25) is 4.98 Å². The second kappa shape index (κ2) is 3.74. The predicted molar refractivity (Wildman–Crippen MR) is 72.0 cm³/mol. The summed E-state index contributed by atoms with van der Waals surface area (Å²) in [6, 6.07) is 8.66. The van der Waals surface area contributed by atoms with Gasteiger partial charge in [-0.1, -0.05) is 18.2 Å². The van der Waals surface area contributed by atoms with Crippen molar-refractivity contribution in [2.75, 3.05) is 0 Å². The van der Waals surface area contributed by atoms with Gasteiger partial charge >= 0.3 is 0 Å². The lowest BCUT2D eigenvalue weighted by Crippen LogP contribution is -2.03. The van der Waals surface area contributed by atoms with E-state index >= 15 is 0 Å². The van der Waals surface area contributed by atoms with Gasteiger partial charge in [0.25, 0.3) is 0 Å². The van der Waals surface area contributed by atoms with E-state index in [0.717, 1.165) is 6.42 Å². The van der Waals surface area contributed by atoms with E-state index in [1.165, 1.54) is 40.5 Å². The Bertz CT molecular complexity index is 700. The third-order valence-corrected chi connectivity index (χ3v) is 3.58. The molecule has 1 aliphatic rings. The highest BCUT2D eigenvalue weighted by molar-refractivity contribution is 5.93. The minimum Gasteiger partial charge on any atom is -0.313 e. The zero-order valence-corrected chi connectivity index (χ0v) is 10.2. The predicted octanol–water partition coefficient (Wildman–Crippen LogP) is 3.40. The fourth-order valence-electron chi connectivity index (χ4n) is 2.92. The molecule has 86 valence electrons. The van der Waals surface area contributed by atoms with Gasteiger partial charge < -0.3 is 4.40 Å². The normalized spacial score (nSPS) is 13.9. The van der Waals surface area contributed by atoms with Crippen molar-refractivity contribution in [3.8, 4) is 0 Å². The van der Waals surface area contributed by atoms with Gasteiger partial charge in [-0.05, 0) is 30.9 Å². The molecule has 0 saturated heterocycles. The first-order chi connectivity index (χ1) is 7.95. The second-order valence-corrected chi connectivity index (χ2v) is 4.44. The van der Waals surface area contributed by atoms with E-state index in [1.807, 2.05) is 6.20 Å². The van der Waals surface area contributed by atoms with Crippen LogP contribution in [0.25, 0.3) is 16.4 Å². The summed E-state index contributed by atoms with van der Waals surface area (Å²) in [4.78, 5) is 4.51. The van der Waals surface area contributed by atoms with E-state index in [0.29, 0.717) is 0 Å². The van der Waals surface area contributed by atoms with Crippen molar-refractivity contribution in [1.29, 1.82) is 0 Å². The Balaban J connectivity index is 0.000000902. The molecule has 4 rings (SSSR count). The Labute approximate surface area is 106 Å². The van der Waals surface area contributed by atoms with Gasteiger partial charge in [-0.25, -0.2) is 0 Å². The largest absolute Gasteiger partial charge is 0.313 e. The van der Waals surface area contributed by atoms with E-state index in [2.05, 4.69) is 39.8 Å². The Morgan fingerprint density at radius 3 is 2.94 bits per heavy atom. The van der Waals surface area contributed by atoms with Crippen molar-refractivity contribution in [2.24, 2.45) is 0 Å². The summed E-state index contributed by atoms with van der Waals surface area (Å²) >= 11 is 0. The van der Waals surface area contributed by atoms with E-state index < -0.39 is 0 Å². The summed E-state index contributed by atoms with van der Waals surface area (Å²) in [6.07, 6.45) is 7.54. The molecule has 0 atom stereocenters. The number of para-hydroxylation sites is 1. The van der Waals surface area contributed by atoms with E-state index in [4.69, 9.17) is 0 Å². The average Bonchev–Trinajstić information content (AvgIpc) is 2.68. The smallest absolute Gasteiger partial charge is 0.0710 e. The van der Waals surface area contributed by atoms with Crippen molar-refractivity contribution in [3.63, 3.8) is 0 Å². The molecule has 3 aromatic rings. The minimum absolute atomic E-state index is 0. The number of aromatic nitrogens is 2. The molecule has 1 aromatic carbocycles. The molecule has 0 amide bonds. The lowest BCUT2D eigenvalue weighted by atomic mass is 9.98. The van der Waals surface area contributed by atoms with Crippen LogP contribution in [-0.2, 0) is 12.8 Å². The van der Waals surface area contributed by atoms with Gasteiger partial charge in [0, 0.05) is 17.8 Å². The van der Waals surface area contributed by atoms with E-state index in [-0.39, 0.29) is 12.4 Å². The number of hydrogen-bond donors (Lipinski definition) is 0. The van der Waals surface area contributed by atoms with Crippen LogP contribution in [0.2, 0.25) is 0 Å². The van der Waals surface area contributed by atoms with Crippen molar-refractivity contribution in [3.05, 3.63) is 47.9 Å². The zero-order valence-electron chi connectivity index (χ0n) is 9.39. The van der Waals surface area contributed by atoms with Crippen LogP contribution < -0.4 is 0 Å². The summed E-state index contributed by atoms with van der Waals surface area (Å²) in [5.41, 5.74) is 5.43. The number of benzene rings is 1. The standard InChI is InChI=1S/C14H12N2.ClH/c1-2-7-13-10(4-1)11-5-3-6-12-14(11)16(13)9-8-15-12;/h1-2,4,7-9H,3,5-6H2;1H. The van der Waals surface area contributed by atoms with Gasteiger partial charge in [-0.15, -0.1) is 12.4 Å². The SMILES string of the molecule is Cl.c1ccc2c(c1)c1c3c(nccn32)CCC1. The maximum Gasteiger partial charge on any atom is 0.0710 e. The molecule has 0 aliphatic heterocycles. The Morgan fingerprint density at radius 2 is 2.00 bits per heavy atom. The van der Waals surface area contributed by atoms with Crippen LogP contribution >= 0.6 is 12.4 Å². The van der Waals surface area contributed by atoms with Crippen LogP contribution in [0.3, 0.4) is 0 Å². The van der Waals surface area contributed by atoms with E-state index in [1.54, 1.807) is 0 Å². The lowest BCUT2D eigenvalue weighted by Gasteiger charge is -2.11. The fourth-order valence-corrected chi connectivity index (χ4v) is 2.92. The van der Waals surface area contributed by atoms with Crippen LogP contribution in [-0.4, -0.2) is 9.38 Å². The van der Waals surface area contributed by atoms with Crippen LogP contribution in [0.1, 0.15) is 17.7 Å². The Morgan fingerprint density at radius 1 is 1.12 bits per heavy atom. The molecule has 3 heteroatoms. The van der Waals surface area contributed by atoms with Crippen molar-refractivity contribution < 1.29 is 0 Å². The molecule has 0 N–H and O–H groups in total. The highest BCUT2D eigenvalue weighted by atomic mass is 35.5. The molecule has 2 heterocycles. The number of halogens is 1. The first-order valence-corrected chi connectivity index (χ1v) is 5.81. The molecule has 0 radical (unpaired) electrons. The molecule has 1 aliphatic carbocycles. The third kappa shape index (κ3) is 1.31. The molecule has 17 heavy (non-hydrogen) atoms. The Kier molecular flexibility index (Phi) is 2.33. The molecule has 0 bridgehead atoms. The third-order valence-electron chi connectivity index (χ3n) is 3.58. The van der Waals surface area contributed by atoms with Crippen molar-refractivity contribution >= 4 is 28.8 Å². The maximum atomic E-state index is 4.51. The average molecular weight is 245 g/mol. The van der Waals surface area contributed by atoms with Crippen LogP contribution in [0.4, 0.5) is 0 Å². The monoisotopic (exact) mass is 244 g/mol. The maximum absolute atomic E-state index is 4.51. The summed E-state index contributed by atoms with van der Waals surface area (Å²) in [6.45, 7) is 0. The molecule has 2 aromatic heterocycles. The summed E-state index contributed by atoms with van der Waals surface area (Å²) in [5.74, 6) is 0. The van der Waals surface area contributed by atoms with Crippen LogP contribution in [0.15, 0.2) is 36.7 Å². The topological polar surface area (TPSA) is 17.3 Å². The van der Waals surface area contributed by atoms with Crippen molar-refractivity contribution in [2.45, 2.75) is 19.3 Å². The number of aryl methyl sites for hydroxylation is 2. The summed E-state index contributed by atoms with van der Waals surface area (Å²) in [7, 11) is 0. The number of rotatable bonds is 0. The minimum atomic E-state index is 0. The fraction of sp³-hybridized carbons (Fsp3) is 0.214. The quantitative estimate of drug-likeness (QED) is 0.593. The van der Waals surface area contributed by atoms with Crippen molar-refractivity contribution in [1.82, 2.24) is 9.38 Å². The molecular formula is C14H13ClN2. The number of hydrogen-bond acceptors (Lipinski definition) is 1. The van der Waals surface area contributed by atoms with Gasteiger partial charge in [0.05, 0.1) is 16.7 Å². The summed E-state index contributed by atoms with van der Waals surface area (Å²) in [5, 5.41) is 1.40. The van der Waals surface area contributed by atoms with Crippen LogP contribution in [0, 0.1) is 0 Å². The highest BCUT2D eigenvalue weighted by Gasteiger charge is 2.18. The molecule has 2 nitrogen and oxygen atoms in total. The molecule has 0 fully saturated rings. The molecule has 0 spiro atoms.